The van der Waals surface area contributed by atoms with Crippen LogP contribution in [0.3, 0.4) is 0 Å². The van der Waals surface area contributed by atoms with E-state index in [0.29, 0.717) is 10.6 Å². The number of carbonyl (C=O) groups is 1. The minimum Gasteiger partial charge on any atom is -0.477 e. The fourth-order valence-electron chi connectivity index (χ4n) is 3.07. The van der Waals surface area contributed by atoms with E-state index in [1.54, 1.807) is 30.3 Å². The van der Waals surface area contributed by atoms with Crippen LogP contribution < -0.4 is 5.56 Å². The lowest BCUT2D eigenvalue weighted by Gasteiger charge is -2.05. The zero-order valence-electron chi connectivity index (χ0n) is 15.6. The highest BCUT2D eigenvalue weighted by Gasteiger charge is 2.23. The number of aromatic nitrogens is 2. The molecule has 8 heteroatoms. The topological polar surface area (TPSA) is 71.7 Å². The van der Waals surface area contributed by atoms with E-state index in [2.05, 4.69) is 4.98 Å². The van der Waals surface area contributed by atoms with Gasteiger partial charge in [0.25, 0.3) is 5.56 Å². The number of aryl methyl sites for hydroxylation is 1. The Balaban J connectivity index is 1.93. The van der Waals surface area contributed by atoms with Crippen LogP contribution in [0.25, 0.3) is 28.4 Å². The van der Waals surface area contributed by atoms with Gasteiger partial charge in [0.05, 0.1) is 11.4 Å². The maximum absolute atomic E-state index is 13.1. The van der Waals surface area contributed by atoms with Crippen molar-refractivity contribution in [2.45, 2.75) is 6.92 Å². The first-order valence-electron chi connectivity index (χ1n) is 8.85. The van der Waals surface area contributed by atoms with Crippen LogP contribution in [0.15, 0.2) is 53.3 Å². The van der Waals surface area contributed by atoms with Crippen molar-refractivity contribution in [2.75, 3.05) is 0 Å². The predicted molar refractivity (Wildman–Crippen MR) is 122 cm³/mol. The van der Waals surface area contributed by atoms with Gasteiger partial charge in [-0.1, -0.05) is 77.0 Å². The van der Waals surface area contributed by atoms with Crippen molar-refractivity contribution in [2.24, 2.45) is 0 Å². The van der Waals surface area contributed by atoms with E-state index < -0.39 is 11.5 Å². The second-order valence-corrected chi connectivity index (χ2v) is 8.31. The summed E-state index contributed by atoms with van der Waals surface area (Å²) < 4.78 is 1.24. The number of nitrogens with zero attached hydrogens (tertiary/aromatic N) is 2. The molecule has 0 aliphatic heterocycles. The summed E-state index contributed by atoms with van der Waals surface area (Å²) in [5, 5.41) is 10.1. The van der Waals surface area contributed by atoms with Crippen molar-refractivity contribution in [1.29, 1.82) is 0 Å². The Kier molecular flexibility index (Phi) is 5.47. The van der Waals surface area contributed by atoms with Crippen molar-refractivity contribution in [3.8, 4) is 11.3 Å². The summed E-state index contributed by atoms with van der Waals surface area (Å²) in [5.74, 6) is -1.15. The molecule has 2 heterocycles. The van der Waals surface area contributed by atoms with E-state index in [1.807, 2.05) is 37.3 Å². The molecule has 0 unspecified atom stereocenters. The lowest BCUT2D eigenvalue weighted by Crippen LogP contribution is -2.17. The van der Waals surface area contributed by atoms with Crippen LogP contribution in [0.2, 0.25) is 10.0 Å². The fourth-order valence-corrected chi connectivity index (χ4v) is 4.37. The molecule has 0 saturated heterocycles. The lowest BCUT2D eigenvalue weighted by molar-refractivity contribution is 0.0702. The first kappa shape index (κ1) is 20.3. The van der Waals surface area contributed by atoms with Gasteiger partial charge in [-0.3, -0.25) is 4.79 Å². The number of hydrogen-bond donors (Lipinski definition) is 1. The summed E-state index contributed by atoms with van der Waals surface area (Å²) >= 11 is 13.2. The molecule has 0 aliphatic rings. The fraction of sp³-hybridized carbons (Fsp3) is 0.0455. The third-order valence-electron chi connectivity index (χ3n) is 4.58. The number of aromatic carboxylic acids is 1. The molecule has 0 atom stereocenters. The number of hydrogen-bond acceptors (Lipinski definition) is 4. The Hall–Kier alpha value is -2.93. The molecule has 0 spiro atoms. The van der Waals surface area contributed by atoms with Crippen LogP contribution in [0.1, 0.15) is 26.5 Å². The van der Waals surface area contributed by atoms with E-state index in [-0.39, 0.29) is 26.2 Å². The van der Waals surface area contributed by atoms with Gasteiger partial charge in [-0.25, -0.2) is 14.2 Å². The first-order chi connectivity index (χ1) is 14.4. The van der Waals surface area contributed by atoms with E-state index in [4.69, 9.17) is 23.2 Å². The number of carboxylic acid groups (broad SMARTS) is 1. The van der Waals surface area contributed by atoms with E-state index in [9.17, 15) is 14.7 Å². The summed E-state index contributed by atoms with van der Waals surface area (Å²) in [6.45, 7) is 1.98. The zero-order chi connectivity index (χ0) is 21.4. The van der Waals surface area contributed by atoms with Gasteiger partial charge in [-0.2, -0.15) is 0 Å². The second kappa shape index (κ2) is 8.07. The van der Waals surface area contributed by atoms with E-state index >= 15 is 0 Å². The maximum Gasteiger partial charge on any atom is 0.348 e. The standard InChI is InChI=1S/C22H14Cl2N2O3S/c1-12-4-2-3-5-13(12)8-11-16-17(24)20(27)26-18(14-6-9-15(23)10-7-14)19(21(28)29)30-22(26)25-16/h2-11H,1H3,(H,28,29). The van der Waals surface area contributed by atoms with Crippen molar-refractivity contribution in [1.82, 2.24) is 9.38 Å². The van der Waals surface area contributed by atoms with Crippen molar-refractivity contribution >= 4 is 57.6 Å². The smallest absolute Gasteiger partial charge is 0.348 e. The Morgan fingerprint density at radius 2 is 1.80 bits per heavy atom. The molecular formula is C22H14Cl2N2O3S. The third kappa shape index (κ3) is 3.65. The zero-order valence-corrected chi connectivity index (χ0v) is 17.9. The number of carboxylic acids is 1. The number of rotatable bonds is 4. The predicted octanol–water partition coefficient (Wildman–Crippen LogP) is 5.91. The molecule has 0 radical (unpaired) electrons. The second-order valence-electron chi connectivity index (χ2n) is 6.52. The molecule has 1 N–H and O–H groups in total. The minimum absolute atomic E-state index is 0.00183. The summed E-state index contributed by atoms with van der Waals surface area (Å²) in [4.78, 5) is 29.6. The molecule has 4 rings (SSSR count). The highest BCUT2D eigenvalue weighted by Crippen LogP contribution is 2.32. The lowest BCUT2D eigenvalue weighted by atomic mass is 10.1. The maximum atomic E-state index is 13.1. The average molecular weight is 457 g/mol. The summed E-state index contributed by atoms with van der Waals surface area (Å²) in [5.41, 5.74) is 2.55. The van der Waals surface area contributed by atoms with Crippen LogP contribution in [0.4, 0.5) is 0 Å². The van der Waals surface area contributed by atoms with Crippen molar-refractivity contribution < 1.29 is 9.90 Å². The van der Waals surface area contributed by atoms with E-state index in [0.717, 1.165) is 22.5 Å². The summed E-state index contributed by atoms with van der Waals surface area (Å²) in [7, 11) is 0. The van der Waals surface area contributed by atoms with Crippen LogP contribution >= 0.6 is 34.5 Å². The van der Waals surface area contributed by atoms with Crippen molar-refractivity contribution in [3.05, 3.63) is 90.6 Å². The van der Waals surface area contributed by atoms with Gasteiger partial charge in [0, 0.05) is 10.6 Å². The molecule has 0 aliphatic carbocycles. The molecule has 4 aromatic rings. The molecule has 5 nitrogen and oxygen atoms in total. The number of halogens is 2. The van der Waals surface area contributed by atoms with Crippen LogP contribution in [-0.4, -0.2) is 20.5 Å². The Bertz CT molecular complexity index is 1370. The Morgan fingerprint density at radius 3 is 2.47 bits per heavy atom. The molecule has 0 bridgehead atoms. The molecule has 0 saturated carbocycles. The van der Waals surface area contributed by atoms with Crippen LogP contribution in [-0.2, 0) is 0 Å². The monoisotopic (exact) mass is 456 g/mol. The normalized spacial score (nSPS) is 11.4. The van der Waals surface area contributed by atoms with E-state index in [1.165, 1.54) is 4.40 Å². The summed E-state index contributed by atoms with van der Waals surface area (Å²) in [6, 6.07) is 14.3. The molecule has 0 fully saturated rings. The third-order valence-corrected chi connectivity index (χ3v) is 6.21. The van der Waals surface area contributed by atoms with Gasteiger partial charge in [0.1, 0.15) is 9.90 Å². The first-order valence-corrected chi connectivity index (χ1v) is 10.4. The van der Waals surface area contributed by atoms with Crippen LogP contribution in [0, 0.1) is 6.92 Å². The average Bonchev–Trinajstić information content (AvgIpc) is 3.11. The molecule has 30 heavy (non-hydrogen) atoms. The van der Waals surface area contributed by atoms with Gasteiger partial charge in [-0.05, 0) is 36.3 Å². The minimum atomic E-state index is -1.15. The van der Waals surface area contributed by atoms with Crippen LogP contribution in [0.5, 0.6) is 0 Å². The molecular weight excluding hydrogens is 443 g/mol. The van der Waals surface area contributed by atoms with Gasteiger partial charge < -0.3 is 5.11 Å². The largest absolute Gasteiger partial charge is 0.477 e. The molecule has 150 valence electrons. The summed E-state index contributed by atoms with van der Waals surface area (Å²) in [6.07, 6.45) is 3.49. The highest BCUT2D eigenvalue weighted by atomic mass is 35.5. The van der Waals surface area contributed by atoms with Gasteiger partial charge in [-0.15, -0.1) is 0 Å². The SMILES string of the molecule is Cc1ccccc1C=Cc1nc2sc(C(=O)O)c(-c3ccc(Cl)cc3)n2c(=O)c1Cl. The number of fused-ring (bicyclic) bond motifs is 1. The quantitative estimate of drug-likeness (QED) is 0.414. The van der Waals surface area contributed by atoms with Gasteiger partial charge in [0.15, 0.2) is 4.96 Å². The highest BCUT2D eigenvalue weighted by molar-refractivity contribution is 7.19. The Labute approximate surface area is 185 Å². The number of thiazole rings is 1. The van der Waals surface area contributed by atoms with Gasteiger partial charge >= 0.3 is 5.97 Å². The molecule has 2 aromatic heterocycles. The number of benzene rings is 2. The van der Waals surface area contributed by atoms with Gasteiger partial charge in [0.2, 0.25) is 0 Å². The van der Waals surface area contributed by atoms with Crippen molar-refractivity contribution in [3.63, 3.8) is 0 Å². The Morgan fingerprint density at radius 1 is 1.10 bits per heavy atom. The molecule has 0 amide bonds. The molecule has 2 aromatic carbocycles.